The minimum absolute atomic E-state index is 0.0987. The molecule has 0 saturated heterocycles. The van der Waals surface area contributed by atoms with Crippen LogP contribution in [0.2, 0.25) is 0 Å². The fourth-order valence-electron chi connectivity index (χ4n) is 2.95. The molecule has 2 aromatic rings. The number of para-hydroxylation sites is 1. The first-order chi connectivity index (χ1) is 13.7. The third kappa shape index (κ3) is 5.78. The van der Waals surface area contributed by atoms with Crippen LogP contribution >= 0.6 is 0 Å². The van der Waals surface area contributed by atoms with Crippen LogP contribution in [-0.2, 0) is 14.8 Å². The molecule has 0 radical (unpaired) electrons. The van der Waals surface area contributed by atoms with Gasteiger partial charge in [0.25, 0.3) is 5.91 Å². The summed E-state index contributed by atoms with van der Waals surface area (Å²) in [6.45, 7) is 7.02. The molecule has 0 unspecified atom stereocenters. The van der Waals surface area contributed by atoms with Crippen molar-refractivity contribution in [2.24, 2.45) is 5.10 Å². The van der Waals surface area contributed by atoms with E-state index in [1.807, 2.05) is 6.92 Å². The summed E-state index contributed by atoms with van der Waals surface area (Å²) in [5, 5.41) is 13.8. The molecule has 2 aromatic carbocycles. The number of benzene rings is 2. The summed E-state index contributed by atoms with van der Waals surface area (Å²) in [4.78, 5) is 12.1. The lowest BCUT2D eigenvalue weighted by Gasteiger charge is -2.12. The van der Waals surface area contributed by atoms with Gasteiger partial charge in [0, 0.05) is 5.56 Å². The maximum Gasteiger partial charge on any atom is 0.255 e. The van der Waals surface area contributed by atoms with Crippen molar-refractivity contribution in [3.8, 4) is 11.5 Å². The minimum Gasteiger partial charge on any atom is -0.504 e. The van der Waals surface area contributed by atoms with Crippen LogP contribution in [0.5, 0.6) is 11.5 Å². The number of carbonyl (C=O) groups excluding carboxylic acids is 1. The number of rotatable bonds is 8. The number of nitrogens with zero attached hydrogens (tertiary/aromatic N) is 1. The number of hydrogen-bond acceptors (Lipinski definition) is 6. The number of phenolic OH excluding ortho intramolecular Hbond substituents is 1. The van der Waals surface area contributed by atoms with Crippen LogP contribution in [0.25, 0.3) is 0 Å². The average molecular weight is 420 g/mol. The number of hydrogen-bond donors (Lipinski definition) is 3. The number of nitrogens with one attached hydrogen (secondary N) is 2. The van der Waals surface area contributed by atoms with E-state index in [2.05, 4.69) is 15.2 Å². The van der Waals surface area contributed by atoms with E-state index in [1.54, 1.807) is 51.1 Å². The number of carbonyl (C=O) groups is 1. The topological polar surface area (TPSA) is 117 Å². The number of hydrazone groups is 1. The number of ether oxygens (including phenoxy) is 1. The lowest BCUT2D eigenvalue weighted by molar-refractivity contribution is -0.119. The van der Waals surface area contributed by atoms with Gasteiger partial charge in [-0.25, -0.2) is 18.6 Å². The first kappa shape index (κ1) is 22.4. The number of amides is 1. The monoisotopic (exact) mass is 419 g/mol. The van der Waals surface area contributed by atoms with E-state index in [-0.39, 0.29) is 10.6 Å². The van der Waals surface area contributed by atoms with E-state index in [1.165, 1.54) is 6.21 Å². The number of phenols is 1. The zero-order valence-corrected chi connectivity index (χ0v) is 17.6. The molecule has 0 bridgehead atoms. The van der Waals surface area contributed by atoms with Gasteiger partial charge in [-0.05, 0) is 51.0 Å². The van der Waals surface area contributed by atoms with Crippen LogP contribution in [0, 0.1) is 20.8 Å². The van der Waals surface area contributed by atoms with Crippen molar-refractivity contribution in [1.29, 1.82) is 0 Å². The molecule has 1 amide bonds. The quantitative estimate of drug-likeness (QED) is 0.448. The molecule has 0 spiro atoms. The van der Waals surface area contributed by atoms with Crippen molar-refractivity contribution >= 4 is 22.1 Å². The molecule has 8 nitrogen and oxygen atoms in total. The largest absolute Gasteiger partial charge is 0.504 e. The van der Waals surface area contributed by atoms with Gasteiger partial charge in [-0.3, -0.25) is 4.79 Å². The van der Waals surface area contributed by atoms with Gasteiger partial charge in [0.1, 0.15) is 0 Å². The van der Waals surface area contributed by atoms with Gasteiger partial charge >= 0.3 is 0 Å². The van der Waals surface area contributed by atoms with E-state index < -0.39 is 22.5 Å². The summed E-state index contributed by atoms with van der Waals surface area (Å²) in [6, 6.07) is 8.43. The molecule has 0 heterocycles. The second-order valence-electron chi connectivity index (χ2n) is 6.47. The van der Waals surface area contributed by atoms with E-state index in [0.717, 1.165) is 5.56 Å². The van der Waals surface area contributed by atoms with Gasteiger partial charge < -0.3 is 9.84 Å². The predicted molar refractivity (Wildman–Crippen MR) is 111 cm³/mol. The van der Waals surface area contributed by atoms with Gasteiger partial charge in [0.15, 0.2) is 11.5 Å². The third-order valence-corrected chi connectivity index (χ3v) is 5.72. The molecule has 0 aromatic heterocycles. The van der Waals surface area contributed by atoms with Gasteiger partial charge in [0.05, 0.1) is 24.3 Å². The van der Waals surface area contributed by atoms with Gasteiger partial charge in [-0.15, -0.1) is 0 Å². The molecule has 0 aliphatic rings. The third-order valence-electron chi connectivity index (χ3n) is 4.02. The van der Waals surface area contributed by atoms with E-state index >= 15 is 0 Å². The van der Waals surface area contributed by atoms with Crippen LogP contribution in [-0.4, -0.2) is 38.8 Å². The smallest absolute Gasteiger partial charge is 0.255 e. The highest BCUT2D eigenvalue weighted by Gasteiger charge is 2.20. The summed E-state index contributed by atoms with van der Waals surface area (Å²) in [7, 11) is -3.85. The highest BCUT2D eigenvalue weighted by molar-refractivity contribution is 7.89. The zero-order valence-electron chi connectivity index (χ0n) is 16.8. The fraction of sp³-hybridized carbons (Fsp3) is 0.300. The lowest BCUT2D eigenvalue weighted by Crippen LogP contribution is -2.35. The van der Waals surface area contributed by atoms with Crippen LogP contribution in [0.15, 0.2) is 40.3 Å². The standard InChI is InChI=1S/C20H25N3O5S/c1-5-28-17-8-6-7-16(19(17)25)11-21-23-18(24)12-22-29(26,27)20-14(3)9-13(2)10-15(20)4/h6-11,22,25H,5,12H2,1-4H3,(H,23,24)/b21-11-. The van der Waals surface area contributed by atoms with Crippen molar-refractivity contribution in [2.45, 2.75) is 32.6 Å². The summed E-state index contributed by atoms with van der Waals surface area (Å²) in [5.41, 5.74) is 4.75. The lowest BCUT2D eigenvalue weighted by atomic mass is 10.1. The first-order valence-corrected chi connectivity index (χ1v) is 10.5. The Morgan fingerprint density at radius 2 is 1.86 bits per heavy atom. The molecule has 2 rings (SSSR count). The molecular weight excluding hydrogens is 394 g/mol. The van der Waals surface area contributed by atoms with Crippen molar-refractivity contribution < 1.29 is 23.1 Å². The number of aromatic hydroxyl groups is 1. The molecule has 0 aliphatic heterocycles. The average Bonchev–Trinajstić information content (AvgIpc) is 2.62. The number of aryl methyl sites for hydroxylation is 3. The Balaban J connectivity index is 2.00. The Hall–Kier alpha value is -2.91. The van der Waals surface area contributed by atoms with Crippen LogP contribution in [0.3, 0.4) is 0 Å². The molecule has 0 atom stereocenters. The molecule has 0 saturated carbocycles. The van der Waals surface area contributed by atoms with Gasteiger partial charge in [0.2, 0.25) is 10.0 Å². The van der Waals surface area contributed by atoms with Crippen LogP contribution in [0.1, 0.15) is 29.2 Å². The van der Waals surface area contributed by atoms with Crippen molar-refractivity contribution in [3.63, 3.8) is 0 Å². The summed E-state index contributed by atoms with van der Waals surface area (Å²) < 4.78 is 32.7. The number of sulfonamides is 1. The summed E-state index contributed by atoms with van der Waals surface area (Å²) >= 11 is 0. The second-order valence-corrected chi connectivity index (χ2v) is 8.18. The highest BCUT2D eigenvalue weighted by Crippen LogP contribution is 2.28. The van der Waals surface area contributed by atoms with Crippen molar-refractivity contribution in [1.82, 2.24) is 10.1 Å². The Bertz CT molecular complexity index is 1010. The van der Waals surface area contributed by atoms with Gasteiger partial charge in [-0.1, -0.05) is 23.8 Å². The maximum atomic E-state index is 12.6. The highest BCUT2D eigenvalue weighted by atomic mass is 32.2. The molecule has 156 valence electrons. The molecule has 0 fully saturated rings. The van der Waals surface area contributed by atoms with Gasteiger partial charge in [-0.2, -0.15) is 5.10 Å². The molecule has 29 heavy (non-hydrogen) atoms. The first-order valence-electron chi connectivity index (χ1n) is 9.00. The Morgan fingerprint density at radius 1 is 1.21 bits per heavy atom. The zero-order chi connectivity index (χ0) is 21.6. The molecular formula is C20H25N3O5S. The fourth-order valence-corrected chi connectivity index (χ4v) is 4.38. The minimum atomic E-state index is -3.85. The Labute approximate surface area is 170 Å². The van der Waals surface area contributed by atoms with Crippen molar-refractivity contribution in [2.75, 3.05) is 13.2 Å². The normalized spacial score (nSPS) is 11.6. The van der Waals surface area contributed by atoms with E-state index in [9.17, 15) is 18.3 Å². The Morgan fingerprint density at radius 3 is 2.48 bits per heavy atom. The second kappa shape index (κ2) is 9.53. The Kier molecular flexibility index (Phi) is 7.35. The molecule has 0 aliphatic carbocycles. The van der Waals surface area contributed by atoms with Crippen LogP contribution in [0.4, 0.5) is 0 Å². The summed E-state index contributed by atoms with van der Waals surface area (Å²) in [5.74, 6) is -0.439. The van der Waals surface area contributed by atoms with Crippen molar-refractivity contribution in [3.05, 3.63) is 52.6 Å². The molecule has 3 N–H and O–H groups in total. The van der Waals surface area contributed by atoms with Crippen LogP contribution < -0.4 is 14.9 Å². The SMILES string of the molecule is CCOc1cccc(/C=N\NC(=O)CNS(=O)(=O)c2c(C)cc(C)cc2C)c1O. The van der Waals surface area contributed by atoms with E-state index in [0.29, 0.717) is 29.0 Å². The molecule has 9 heteroatoms. The summed E-state index contributed by atoms with van der Waals surface area (Å²) in [6.07, 6.45) is 1.25. The van der Waals surface area contributed by atoms with E-state index in [4.69, 9.17) is 4.74 Å². The predicted octanol–water partition coefficient (Wildman–Crippen LogP) is 2.14. The maximum absolute atomic E-state index is 12.6.